The summed E-state index contributed by atoms with van der Waals surface area (Å²) in [6, 6.07) is 0. The third-order valence-electron chi connectivity index (χ3n) is 2.62. The van der Waals surface area contributed by atoms with Crippen molar-refractivity contribution in [2.24, 2.45) is 5.73 Å². The first-order chi connectivity index (χ1) is 9.47. The van der Waals surface area contributed by atoms with Crippen molar-refractivity contribution >= 4 is 23.2 Å². The monoisotopic (exact) mass is 294 g/mol. The number of nitrogens with zero attached hydrogens (tertiary/aromatic N) is 2. The van der Waals surface area contributed by atoms with Crippen LogP contribution in [-0.2, 0) is 11.3 Å². The number of hydrogen-bond donors (Lipinski definition) is 2. The number of rotatable bonds is 5. The van der Waals surface area contributed by atoms with E-state index in [-0.39, 0.29) is 30.0 Å². The predicted molar refractivity (Wildman–Crippen MR) is 72.1 cm³/mol. The molecule has 106 valence electrons. The highest BCUT2D eigenvalue weighted by atomic mass is 32.1. The molecule has 20 heavy (non-hydrogen) atoms. The number of hydrogen-bond acceptors (Lipinski definition) is 6. The van der Waals surface area contributed by atoms with E-state index >= 15 is 0 Å². The van der Waals surface area contributed by atoms with Gasteiger partial charge in [-0.05, 0) is 13.8 Å². The fourth-order valence-corrected chi connectivity index (χ4v) is 2.36. The smallest absolute Gasteiger partial charge is 0.270 e. The predicted octanol–water partition coefficient (Wildman–Crippen LogP) is 0.958. The lowest BCUT2D eigenvalue weighted by Crippen LogP contribution is -2.27. The minimum absolute atomic E-state index is 0.0397. The molecule has 0 spiro atoms. The van der Waals surface area contributed by atoms with Gasteiger partial charge in [0.05, 0.1) is 12.5 Å². The minimum atomic E-state index is -0.669. The molecule has 0 aliphatic carbocycles. The summed E-state index contributed by atoms with van der Waals surface area (Å²) in [5.41, 5.74) is 5.99. The Hall–Kier alpha value is -2.22. The lowest BCUT2D eigenvalue weighted by Gasteiger charge is -2.07. The van der Waals surface area contributed by atoms with Crippen molar-refractivity contribution in [1.82, 2.24) is 15.3 Å². The normalized spacial score (nSPS) is 12.1. The number of carbonyl (C=O) groups excluding carboxylic acids is 2. The summed E-state index contributed by atoms with van der Waals surface area (Å²) < 4.78 is 5.03. The molecule has 0 saturated carbocycles. The molecule has 0 aromatic carbocycles. The molecule has 0 radical (unpaired) electrons. The molecule has 1 unspecified atom stereocenters. The van der Waals surface area contributed by atoms with Gasteiger partial charge in [0.2, 0.25) is 11.8 Å². The second-order valence-electron chi connectivity index (χ2n) is 4.26. The topological polar surface area (TPSA) is 111 Å². The lowest BCUT2D eigenvalue weighted by atomic mass is 10.2. The van der Waals surface area contributed by atoms with Gasteiger partial charge in [0.15, 0.2) is 5.69 Å². The van der Waals surface area contributed by atoms with E-state index in [1.807, 2.05) is 12.3 Å². The molecule has 7 nitrogen and oxygen atoms in total. The largest absolute Gasteiger partial charge is 0.446 e. The average Bonchev–Trinajstić information content (AvgIpc) is 3.03. The lowest BCUT2D eigenvalue weighted by molar-refractivity contribution is -0.122. The molecule has 2 amide bonds. The summed E-state index contributed by atoms with van der Waals surface area (Å²) in [6.45, 7) is 3.75. The Kier molecular flexibility index (Phi) is 4.14. The summed E-state index contributed by atoms with van der Waals surface area (Å²) in [7, 11) is 0. The fraction of sp³-hybridized carbons (Fsp3) is 0.333. The van der Waals surface area contributed by atoms with E-state index in [4.69, 9.17) is 10.2 Å². The molecular formula is C12H14N4O3S. The van der Waals surface area contributed by atoms with Gasteiger partial charge in [0.1, 0.15) is 11.3 Å². The quantitative estimate of drug-likeness (QED) is 0.853. The van der Waals surface area contributed by atoms with Gasteiger partial charge >= 0.3 is 0 Å². The van der Waals surface area contributed by atoms with Crippen molar-refractivity contribution in [3.05, 3.63) is 33.9 Å². The number of aromatic nitrogens is 2. The van der Waals surface area contributed by atoms with Gasteiger partial charge in [-0.1, -0.05) is 0 Å². The molecule has 2 heterocycles. The first-order valence-corrected chi connectivity index (χ1v) is 6.79. The van der Waals surface area contributed by atoms with Crippen molar-refractivity contribution in [3.63, 3.8) is 0 Å². The van der Waals surface area contributed by atoms with Crippen molar-refractivity contribution in [3.8, 4) is 0 Å². The highest BCUT2D eigenvalue weighted by molar-refractivity contribution is 7.09. The van der Waals surface area contributed by atoms with Gasteiger partial charge < -0.3 is 15.5 Å². The van der Waals surface area contributed by atoms with Crippen LogP contribution < -0.4 is 11.1 Å². The molecule has 2 aromatic rings. The molecule has 0 aliphatic heterocycles. The van der Waals surface area contributed by atoms with Crippen LogP contribution in [0, 0.1) is 6.92 Å². The molecule has 1 atom stereocenters. The second kappa shape index (κ2) is 5.83. The van der Waals surface area contributed by atoms with Crippen molar-refractivity contribution in [2.45, 2.75) is 26.3 Å². The van der Waals surface area contributed by atoms with E-state index in [9.17, 15) is 9.59 Å². The van der Waals surface area contributed by atoms with Crippen LogP contribution in [0.25, 0.3) is 0 Å². The van der Waals surface area contributed by atoms with E-state index in [0.717, 1.165) is 17.0 Å². The van der Waals surface area contributed by atoms with E-state index in [1.165, 1.54) is 11.3 Å². The number of amides is 2. The van der Waals surface area contributed by atoms with Crippen LogP contribution in [0.2, 0.25) is 0 Å². The van der Waals surface area contributed by atoms with Gasteiger partial charge in [-0.15, -0.1) is 11.3 Å². The Bertz CT molecular complexity index is 634. The molecular weight excluding hydrogens is 280 g/mol. The summed E-state index contributed by atoms with van der Waals surface area (Å²) >= 11 is 1.44. The molecule has 0 aliphatic rings. The molecule has 8 heteroatoms. The van der Waals surface area contributed by atoms with Crippen LogP contribution in [0.15, 0.2) is 16.1 Å². The maximum absolute atomic E-state index is 12.0. The molecule has 0 fully saturated rings. The molecule has 0 saturated heterocycles. The third kappa shape index (κ3) is 3.21. The Morgan fingerprint density at radius 3 is 2.80 bits per heavy atom. The highest BCUT2D eigenvalue weighted by Gasteiger charge is 2.19. The second-order valence-corrected chi connectivity index (χ2v) is 5.15. The Morgan fingerprint density at radius 1 is 1.50 bits per heavy atom. The summed E-state index contributed by atoms with van der Waals surface area (Å²) in [4.78, 5) is 30.9. The van der Waals surface area contributed by atoms with Crippen LogP contribution in [0.3, 0.4) is 0 Å². The fourth-order valence-electron chi connectivity index (χ4n) is 1.50. The molecule has 2 rings (SSSR count). The van der Waals surface area contributed by atoms with Crippen LogP contribution in [0.5, 0.6) is 0 Å². The number of nitrogens with two attached hydrogens (primary N) is 1. The van der Waals surface area contributed by atoms with Crippen LogP contribution in [0.1, 0.15) is 39.9 Å². The zero-order valence-electron chi connectivity index (χ0n) is 11.0. The SMILES string of the molecule is Cc1csc(C(C)C(=O)NCc2nc(C(N)=O)co2)n1. The standard InChI is InChI=1S/C12H14N4O3S/c1-6-5-20-12(15-6)7(2)11(18)14-3-9-16-8(4-19-9)10(13)17/h4-5,7H,3H2,1-2H3,(H2,13,17)(H,14,18). The Morgan fingerprint density at radius 2 is 2.25 bits per heavy atom. The van der Waals surface area contributed by atoms with Crippen LogP contribution >= 0.6 is 11.3 Å². The zero-order chi connectivity index (χ0) is 14.7. The molecule has 2 aromatic heterocycles. The Labute approximate surface area is 119 Å². The maximum Gasteiger partial charge on any atom is 0.270 e. The average molecular weight is 294 g/mol. The van der Waals surface area contributed by atoms with Gasteiger partial charge in [0.25, 0.3) is 5.91 Å². The van der Waals surface area contributed by atoms with Crippen molar-refractivity contribution < 1.29 is 14.0 Å². The van der Waals surface area contributed by atoms with Gasteiger partial charge in [0, 0.05) is 11.1 Å². The highest BCUT2D eigenvalue weighted by Crippen LogP contribution is 2.19. The van der Waals surface area contributed by atoms with E-state index in [1.54, 1.807) is 6.92 Å². The summed E-state index contributed by atoms with van der Waals surface area (Å²) in [5, 5.41) is 5.33. The number of thiazole rings is 1. The Balaban J connectivity index is 1.92. The summed E-state index contributed by atoms with van der Waals surface area (Å²) in [5.74, 6) is -0.968. The van der Waals surface area contributed by atoms with E-state index < -0.39 is 5.91 Å². The van der Waals surface area contributed by atoms with Gasteiger partial charge in [-0.25, -0.2) is 9.97 Å². The van der Waals surface area contributed by atoms with Gasteiger partial charge in [-0.3, -0.25) is 9.59 Å². The summed E-state index contributed by atoms with van der Waals surface area (Å²) in [6.07, 6.45) is 1.16. The maximum atomic E-state index is 12.0. The van der Waals surface area contributed by atoms with Crippen LogP contribution in [-0.4, -0.2) is 21.8 Å². The molecule has 3 N–H and O–H groups in total. The number of oxazole rings is 1. The zero-order valence-corrected chi connectivity index (χ0v) is 11.9. The van der Waals surface area contributed by atoms with E-state index in [2.05, 4.69) is 15.3 Å². The van der Waals surface area contributed by atoms with Crippen molar-refractivity contribution in [2.75, 3.05) is 0 Å². The van der Waals surface area contributed by atoms with Gasteiger partial charge in [-0.2, -0.15) is 0 Å². The van der Waals surface area contributed by atoms with Crippen LogP contribution in [0.4, 0.5) is 0 Å². The first-order valence-electron chi connectivity index (χ1n) is 5.91. The number of aryl methyl sites for hydroxylation is 1. The minimum Gasteiger partial charge on any atom is -0.446 e. The number of carbonyl (C=O) groups is 2. The number of nitrogens with one attached hydrogen (secondary N) is 1. The molecule has 0 bridgehead atoms. The third-order valence-corrected chi connectivity index (χ3v) is 3.76. The first kappa shape index (κ1) is 14.2. The van der Waals surface area contributed by atoms with Crippen molar-refractivity contribution in [1.29, 1.82) is 0 Å². The number of primary amides is 1. The van der Waals surface area contributed by atoms with E-state index in [0.29, 0.717) is 0 Å².